The van der Waals surface area contributed by atoms with Gasteiger partial charge in [-0.05, 0) is 32.0 Å². The number of nitrogens with one attached hydrogen (secondary N) is 1. The summed E-state index contributed by atoms with van der Waals surface area (Å²) in [6.07, 6.45) is 1.47. The third kappa shape index (κ3) is 3.12. The van der Waals surface area contributed by atoms with Crippen molar-refractivity contribution in [2.45, 2.75) is 25.3 Å². The number of hydrogen-bond acceptors (Lipinski definition) is 5. The largest absolute Gasteiger partial charge is 0.391 e. The Hall–Kier alpha value is -1.44. The van der Waals surface area contributed by atoms with E-state index in [0.717, 1.165) is 5.69 Å². The second kappa shape index (κ2) is 5.28. The monoisotopic (exact) mass is 298 g/mol. The highest BCUT2D eigenvalue weighted by Gasteiger charge is 2.19. The van der Waals surface area contributed by atoms with E-state index >= 15 is 0 Å². The van der Waals surface area contributed by atoms with Gasteiger partial charge in [0.05, 0.1) is 18.5 Å². The molecule has 0 aliphatic heterocycles. The lowest BCUT2D eigenvalue weighted by Crippen LogP contribution is -2.13. The summed E-state index contributed by atoms with van der Waals surface area (Å²) >= 11 is 1.27. The first kappa shape index (κ1) is 14.0. The van der Waals surface area contributed by atoms with Crippen LogP contribution < -0.4 is 4.72 Å². The third-order valence-electron chi connectivity index (χ3n) is 2.53. The molecule has 102 valence electrons. The van der Waals surface area contributed by atoms with Crippen molar-refractivity contribution in [1.82, 2.24) is 4.98 Å². The molecule has 2 aromatic rings. The fourth-order valence-corrected chi connectivity index (χ4v) is 4.15. The number of aliphatic hydroxyl groups is 1. The molecule has 0 aliphatic carbocycles. The second-order valence-electron chi connectivity index (χ2n) is 4.09. The van der Waals surface area contributed by atoms with Gasteiger partial charge in [-0.15, -0.1) is 11.3 Å². The quantitative estimate of drug-likeness (QED) is 0.905. The van der Waals surface area contributed by atoms with E-state index in [0.29, 0.717) is 15.4 Å². The number of aromatic nitrogens is 1. The summed E-state index contributed by atoms with van der Waals surface area (Å²) in [6.45, 7) is 3.38. The summed E-state index contributed by atoms with van der Waals surface area (Å²) in [6, 6.07) is 4.88. The zero-order chi connectivity index (χ0) is 14.0. The first-order chi connectivity index (χ1) is 8.92. The Morgan fingerprint density at radius 2 is 2.11 bits per heavy atom. The lowest BCUT2D eigenvalue weighted by Gasteiger charge is -2.07. The predicted octanol–water partition coefficient (Wildman–Crippen LogP) is 2.05. The Kier molecular flexibility index (Phi) is 3.88. The maximum absolute atomic E-state index is 12.2. The van der Waals surface area contributed by atoms with E-state index in [-0.39, 0.29) is 11.5 Å². The highest BCUT2D eigenvalue weighted by Crippen LogP contribution is 2.27. The van der Waals surface area contributed by atoms with Crippen molar-refractivity contribution in [2.24, 2.45) is 0 Å². The molecule has 5 nitrogen and oxygen atoms in total. The van der Waals surface area contributed by atoms with Crippen molar-refractivity contribution in [3.05, 3.63) is 39.8 Å². The van der Waals surface area contributed by atoms with Gasteiger partial charge in [-0.2, -0.15) is 0 Å². The summed E-state index contributed by atoms with van der Waals surface area (Å²) in [5.41, 5.74) is 1.24. The summed E-state index contributed by atoms with van der Waals surface area (Å²) in [5.74, 6) is 0. The summed E-state index contributed by atoms with van der Waals surface area (Å²) < 4.78 is 26.9. The van der Waals surface area contributed by atoms with Crippen molar-refractivity contribution in [3.63, 3.8) is 0 Å². The minimum Gasteiger partial charge on any atom is -0.391 e. The van der Waals surface area contributed by atoms with Gasteiger partial charge in [-0.25, -0.2) is 8.42 Å². The van der Waals surface area contributed by atoms with Crippen LogP contribution in [0.5, 0.6) is 0 Å². The molecule has 0 radical (unpaired) electrons. The Morgan fingerprint density at radius 1 is 1.37 bits per heavy atom. The Labute approximate surface area is 116 Å². The van der Waals surface area contributed by atoms with E-state index in [1.807, 2.05) is 6.92 Å². The molecule has 0 bridgehead atoms. The zero-order valence-corrected chi connectivity index (χ0v) is 12.2. The molecule has 0 aromatic carbocycles. The number of anilines is 1. The van der Waals surface area contributed by atoms with Crippen LogP contribution in [0.3, 0.4) is 0 Å². The van der Waals surface area contributed by atoms with Crippen LogP contribution in [-0.2, 0) is 16.6 Å². The highest BCUT2D eigenvalue weighted by atomic mass is 32.2. The van der Waals surface area contributed by atoms with Gasteiger partial charge < -0.3 is 5.11 Å². The summed E-state index contributed by atoms with van der Waals surface area (Å²) in [5, 5.41) is 9.05. The average molecular weight is 298 g/mol. The Bertz CT molecular complexity index is 676. The Balaban J connectivity index is 2.31. The zero-order valence-electron chi connectivity index (χ0n) is 10.5. The van der Waals surface area contributed by atoms with Crippen LogP contribution in [0.4, 0.5) is 5.69 Å². The molecule has 0 unspecified atom stereocenters. The number of rotatable bonds is 4. The van der Waals surface area contributed by atoms with Gasteiger partial charge >= 0.3 is 0 Å². The van der Waals surface area contributed by atoms with Crippen LogP contribution in [0.1, 0.15) is 15.4 Å². The maximum Gasteiger partial charge on any atom is 0.263 e. The van der Waals surface area contributed by atoms with Crippen LogP contribution in [0.25, 0.3) is 0 Å². The minimum absolute atomic E-state index is 0.160. The number of aryl methyl sites for hydroxylation is 2. The molecule has 0 amide bonds. The molecule has 0 fully saturated rings. The van der Waals surface area contributed by atoms with Gasteiger partial charge in [0.25, 0.3) is 10.0 Å². The molecule has 0 aliphatic rings. The average Bonchev–Trinajstić information content (AvgIpc) is 2.74. The first-order valence-electron chi connectivity index (χ1n) is 5.58. The molecule has 2 N–H and O–H groups in total. The maximum atomic E-state index is 12.2. The molecule has 2 heterocycles. The molecular formula is C12H14N2O3S2. The van der Waals surface area contributed by atoms with Crippen molar-refractivity contribution in [3.8, 4) is 0 Å². The van der Waals surface area contributed by atoms with Crippen molar-refractivity contribution in [1.29, 1.82) is 0 Å². The Morgan fingerprint density at radius 3 is 2.63 bits per heavy atom. The fraction of sp³-hybridized carbons (Fsp3) is 0.250. The number of hydrogen-bond donors (Lipinski definition) is 2. The van der Waals surface area contributed by atoms with Crippen molar-refractivity contribution < 1.29 is 13.5 Å². The van der Waals surface area contributed by atoms with Gasteiger partial charge in [0.15, 0.2) is 0 Å². The molecule has 0 saturated heterocycles. The summed E-state index contributed by atoms with van der Waals surface area (Å²) in [4.78, 5) is 5.51. The molecule has 19 heavy (non-hydrogen) atoms. The van der Waals surface area contributed by atoms with Gasteiger partial charge in [0, 0.05) is 15.4 Å². The van der Waals surface area contributed by atoms with Crippen molar-refractivity contribution in [2.75, 3.05) is 4.72 Å². The van der Waals surface area contributed by atoms with Gasteiger partial charge in [0.1, 0.15) is 4.90 Å². The van der Waals surface area contributed by atoms with Crippen LogP contribution in [0.2, 0.25) is 0 Å². The van der Waals surface area contributed by atoms with Crippen LogP contribution in [-0.4, -0.2) is 18.5 Å². The van der Waals surface area contributed by atoms with Crippen LogP contribution >= 0.6 is 11.3 Å². The van der Waals surface area contributed by atoms with E-state index in [2.05, 4.69) is 9.71 Å². The standard InChI is InChI=1S/C12H14N2O3S2/c1-8-3-4-10(6-13-8)14-19(16,17)12-5-11(7-15)18-9(12)2/h3-6,14-15H,7H2,1-2H3. The third-order valence-corrected chi connectivity index (χ3v) is 5.20. The van der Waals surface area contributed by atoms with Gasteiger partial charge in [-0.3, -0.25) is 9.71 Å². The number of aliphatic hydroxyl groups excluding tert-OH is 1. The number of nitrogens with zero attached hydrogens (tertiary/aromatic N) is 1. The number of pyridine rings is 1. The van der Waals surface area contributed by atoms with E-state index in [9.17, 15) is 8.42 Å². The molecule has 2 aromatic heterocycles. The summed E-state index contributed by atoms with van der Waals surface area (Å²) in [7, 11) is -3.64. The van der Waals surface area contributed by atoms with E-state index in [1.54, 1.807) is 19.1 Å². The molecule has 0 saturated carbocycles. The van der Waals surface area contributed by atoms with E-state index in [4.69, 9.17) is 5.11 Å². The molecular weight excluding hydrogens is 284 g/mol. The topological polar surface area (TPSA) is 79.3 Å². The molecule has 0 spiro atoms. The molecule has 2 rings (SSSR count). The fourth-order valence-electron chi connectivity index (χ4n) is 1.61. The smallest absolute Gasteiger partial charge is 0.263 e. The minimum atomic E-state index is -3.64. The van der Waals surface area contributed by atoms with E-state index in [1.165, 1.54) is 23.6 Å². The van der Waals surface area contributed by atoms with E-state index < -0.39 is 10.0 Å². The van der Waals surface area contributed by atoms with Gasteiger partial charge in [0.2, 0.25) is 0 Å². The predicted molar refractivity (Wildman–Crippen MR) is 74.8 cm³/mol. The van der Waals surface area contributed by atoms with Crippen molar-refractivity contribution >= 4 is 27.0 Å². The SMILES string of the molecule is Cc1ccc(NS(=O)(=O)c2cc(CO)sc2C)cn1. The lowest BCUT2D eigenvalue weighted by molar-refractivity contribution is 0.285. The first-order valence-corrected chi connectivity index (χ1v) is 7.88. The highest BCUT2D eigenvalue weighted by molar-refractivity contribution is 7.93. The van der Waals surface area contributed by atoms with Crippen LogP contribution in [0, 0.1) is 13.8 Å². The number of thiophene rings is 1. The molecule has 7 heteroatoms. The number of sulfonamides is 1. The van der Waals surface area contributed by atoms with Gasteiger partial charge in [-0.1, -0.05) is 0 Å². The molecule has 0 atom stereocenters. The lowest BCUT2D eigenvalue weighted by atomic mass is 10.4. The van der Waals surface area contributed by atoms with Crippen LogP contribution in [0.15, 0.2) is 29.3 Å². The second-order valence-corrected chi connectivity index (χ2v) is 7.08. The normalized spacial score (nSPS) is 11.5.